The zero-order valence-corrected chi connectivity index (χ0v) is 13.2. The first-order chi connectivity index (χ1) is 11.1. The Morgan fingerprint density at radius 3 is 2.43 bits per heavy atom. The average Bonchev–Trinajstić information content (AvgIpc) is 2.58. The molecule has 114 valence electrons. The van der Waals surface area contributed by atoms with Gasteiger partial charge in [-0.2, -0.15) is 0 Å². The molecule has 0 spiro atoms. The number of hydrogen-bond donors (Lipinski definition) is 1. The van der Waals surface area contributed by atoms with Crippen molar-refractivity contribution < 1.29 is 4.79 Å². The molecule has 0 radical (unpaired) electrons. The van der Waals surface area contributed by atoms with Crippen LogP contribution in [0.15, 0.2) is 60.7 Å². The number of nitrogens with zero attached hydrogens (tertiary/aromatic N) is 2. The van der Waals surface area contributed by atoms with Crippen molar-refractivity contribution >= 4 is 23.2 Å². The predicted octanol–water partition coefficient (Wildman–Crippen LogP) is 4.36. The molecular formula is C18H14ClN3O. The highest BCUT2D eigenvalue weighted by atomic mass is 35.5. The Labute approximate surface area is 139 Å². The van der Waals surface area contributed by atoms with Crippen molar-refractivity contribution in [3.05, 3.63) is 76.9 Å². The molecule has 0 atom stereocenters. The van der Waals surface area contributed by atoms with Gasteiger partial charge in [0.25, 0.3) is 5.91 Å². The summed E-state index contributed by atoms with van der Waals surface area (Å²) in [6, 6.07) is 18.4. The standard InChI is InChI=1S/C18H14ClN3O/c1-12-11-14(19)7-8-15(12)20-18(23)17-10-9-16(21-22-17)13-5-3-2-4-6-13/h2-11H,1H3,(H,20,23). The van der Waals surface area contributed by atoms with Crippen LogP contribution in [0.25, 0.3) is 11.3 Å². The van der Waals surface area contributed by atoms with Gasteiger partial charge in [-0.1, -0.05) is 41.9 Å². The van der Waals surface area contributed by atoms with E-state index in [0.717, 1.165) is 16.8 Å². The van der Waals surface area contributed by atoms with E-state index < -0.39 is 0 Å². The number of amides is 1. The van der Waals surface area contributed by atoms with Gasteiger partial charge < -0.3 is 5.32 Å². The number of anilines is 1. The van der Waals surface area contributed by atoms with Gasteiger partial charge in [0, 0.05) is 16.3 Å². The number of nitrogens with one attached hydrogen (secondary N) is 1. The van der Waals surface area contributed by atoms with E-state index >= 15 is 0 Å². The fourth-order valence-electron chi connectivity index (χ4n) is 2.17. The molecule has 4 nitrogen and oxygen atoms in total. The van der Waals surface area contributed by atoms with Gasteiger partial charge in [-0.3, -0.25) is 4.79 Å². The Bertz CT molecular complexity index is 833. The maximum atomic E-state index is 12.3. The minimum Gasteiger partial charge on any atom is -0.320 e. The zero-order chi connectivity index (χ0) is 16.2. The molecule has 0 aliphatic carbocycles. The summed E-state index contributed by atoms with van der Waals surface area (Å²) in [6.07, 6.45) is 0. The van der Waals surface area contributed by atoms with Crippen molar-refractivity contribution in [2.24, 2.45) is 0 Å². The molecule has 0 unspecified atom stereocenters. The number of carbonyl (C=O) groups excluding carboxylic acids is 1. The van der Waals surface area contributed by atoms with Crippen LogP contribution in [0.5, 0.6) is 0 Å². The van der Waals surface area contributed by atoms with E-state index in [0.29, 0.717) is 10.7 Å². The fourth-order valence-corrected chi connectivity index (χ4v) is 2.40. The lowest BCUT2D eigenvalue weighted by atomic mass is 10.1. The molecule has 3 aromatic rings. The molecule has 1 heterocycles. The molecule has 0 bridgehead atoms. The van der Waals surface area contributed by atoms with Crippen LogP contribution >= 0.6 is 11.6 Å². The third kappa shape index (κ3) is 3.55. The summed E-state index contributed by atoms with van der Waals surface area (Å²) in [4.78, 5) is 12.3. The molecule has 5 heteroatoms. The van der Waals surface area contributed by atoms with Crippen molar-refractivity contribution in [1.82, 2.24) is 10.2 Å². The lowest BCUT2D eigenvalue weighted by molar-refractivity contribution is 0.102. The Balaban J connectivity index is 1.78. The zero-order valence-electron chi connectivity index (χ0n) is 12.5. The summed E-state index contributed by atoms with van der Waals surface area (Å²) < 4.78 is 0. The first kappa shape index (κ1) is 15.2. The second kappa shape index (κ2) is 6.58. The highest BCUT2D eigenvalue weighted by Crippen LogP contribution is 2.20. The first-order valence-electron chi connectivity index (χ1n) is 7.10. The highest BCUT2D eigenvalue weighted by Gasteiger charge is 2.10. The van der Waals surface area contributed by atoms with Gasteiger partial charge >= 0.3 is 0 Å². The molecule has 1 amide bonds. The minimum atomic E-state index is -0.303. The smallest absolute Gasteiger partial charge is 0.276 e. The maximum absolute atomic E-state index is 12.3. The van der Waals surface area contributed by atoms with E-state index in [4.69, 9.17) is 11.6 Å². The van der Waals surface area contributed by atoms with Gasteiger partial charge in [-0.25, -0.2) is 0 Å². The van der Waals surface area contributed by atoms with Crippen molar-refractivity contribution in [1.29, 1.82) is 0 Å². The van der Waals surface area contributed by atoms with Crippen LogP contribution in [0.4, 0.5) is 5.69 Å². The largest absolute Gasteiger partial charge is 0.320 e. The third-order valence-electron chi connectivity index (χ3n) is 3.40. The normalized spacial score (nSPS) is 10.3. The van der Waals surface area contributed by atoms with Crippen LogP contribution in [0, 0.1) is 6.92 Å². The number of rotatable bonds is 3. The summed E-state index contributed by atoms with van der Waals surface area (Å²) in [7, 11) is 0. The van der Waals surface area contributed by atoms with Crippen LogP contribution in [0.2, 0.25) is 5.02 Å². The summed E-state index contributed by atoms with van der Waals surface area (Å²) >= 11 is 5.91. The van der Waals surface area contributed by atoms with Gasteiger partial charge in [0.2, 0.25) is 0 Å². The molecule has 0 fully saturated rings. The van der Waals surface area contributed by atoms with Crippen molar-refractivity contribution in [2.45, 2.75) is 6.92 Å². The maximum Gasteiger partial charge on any atom is 0.276 e. The van der Waals surface area contributed by atoms with E-state index in [-0.39, 0.29) is 11.6 Å². The number of halogens is 1. The van der Waals surface area contributed by atoms with Crippen LogP contribution in [-0.2, 0) is 0 Å². The lowest BCUT2D eigenvalue weighted by Crippen LogP contribution is -2.15. The SMILES string of the molecule is Cc1cc(Cl)ccc1NC(=O)c1ccc(-c2ccccc2)nn1. The number of aryl methyl sites for hydroxylation is 1. The van der Waals surface area contributed by atoms with Crippen LogP contribution in [0.3, 0.4) is 0 Å². The molecular weight excluding hydrogens is 310 g/mol. The van der Waals surface area contributed by atoms with E-state index in [1.54, 1.807) is 30.3 Å². The van der Waals surface area contributed by atoms with Gasteiger partial charge in [0.15, 0.2) is 5.69 Å². The topological polar surface area (TPSA) is 54.9 Å². The number of carbonyl (C=O) groups is 1. The van der Waals surface area contributed by atoms with Crippen molar-refractivity contribution in [2.75, 3.05) is 5.32 Å². The van der Waals surface area contributed by atoms with Gasteiger partial charge in [-0.05, 0) is 42.8 Å². The Morgan fingerprint density at radius 1 is 1.00 bits per heavy atom. The second-order valence-electron chi connectivity index (χ2n) is 5.08. The van der Waals surface area contributed by atoms with E-state index in [1.165, 1.54) is 0 Å². The third-order valence-corrected chi connectivity index (χ3v) is 3.64. The van der Waals surface area contributed by atoms with Crippen LogP contribution in [0.1, 0.15) is 16.1 Å². The van der Waals surface area contributed by atoms with Crippen molar-refractivity contribution in [3.8, 4) is 11.3 Å². The summed E-state index contributed by atoms with van der Waals surface area (Å²) in [5.74, 6) is -0.303. The highest BCUT2D eigenvalue weighted by molar-refractivity contribution is 6.30. The minimum absolute atomic E-state index is 0.263. The van der Waals surface area contributed by atoms with E-state index in [9.17, 15) is 4.79 Å². The van der Waals surface area contributed by atoms with E-state index in [1.807, 2.05) is 37.3 Å². The number of benzene rings is 2. The average molecular weight is 324 g/mol. The molecule has 1 aromatic heterocycles. The Hall–Kier alpha value is -2.72. The summed E-state index contributed by atoms with van der Waals surface area (Å²) in [5.41, 5.74) is 3.54. The van der Waals surface area contributed by atoms with Gasteiger partial charge in [0.1, 0.15) is 0 Å². The molecule has 0 aliphatic heterocycles. The molecule has 3 rings (SSSR count). The Morgan fingerprint density at radius 2 is 1.78 bits per heavy atom. The van der Waals surface area contributed by atoms with Gasteiger partial charge in [-0.15, -0.1) is 10.2 Å². The van der Waals surface area contributed by atoms with Crippen LogP contribution < -0.4 is 5.32 Å². The molecule has 0 saturated carbocycles. The monoisotopic (exact) mass is 323 g/mol. The summed E-state index contributed by atoms with van der Waals surface area (Å²) in [6.45, 7) is 1.88. The predicted molar refractivity (Wildman–Crippen MR) is 91.6 cm³/mol. The van der Waals surface area contributed by atoms with Crippen LogP contribution in [-0.4, -0.2) is 16.1 Å². The van der Waals surface area contributed by atoms with Gasteiger partial charge in [0.05, 0.1) is 5.69 Å². The molecule has 23 heavy (non-hydrogen) atoms. The quantitative estimate of drug-likeness (QED) is 0.779. The summed E-state index contributed by atoms with van der Waals surface area (Å²) in [5, 5.41) is 11.6. The Kier molecular flexibility index (Phi) is 4.35. The molecule has 0 aliphatic rings. The number of aromatic nitrogens is 2. The number of hydrogen-bond acceptors (Lipinski definition) is 3. The molecule has 2 aromatic carbocycles. The molecule has 0 saturated heterocycles. The fraction of sp³-hybridized carbons (Fsp3) is 0.0556. The van der Waals surface area contributed by atoms with E-state index in [2.05, 4.69) is 15.5 Å². The lowest BCUT2D eigenvalue weighted by Gasteiger charge is -2.08. The second-order valence-corrected chi connectivity index (χ2v) is 5.52. The first-order valence-corrected chi connectivity index (χ1v) is 7.48. The van der Waals surface area contributed by atoms with Crippen molar-refractivity contribution in [3.63, 3.8) is 0 Å². The molecule has 1 N–H and O–H groups in total.